The summed E-state index contributed by atoms with van der Waals surface area (Å²) in [5.41, 5.74) is -0.315. The standard InChI is InChI=1S/C15H8N6O2/c1-2-3-21-11-5-9(7-17)8(6-16)4-10(11)18-12-13(21)19-15(23)20-14(12)22/h2,4-5H,1,3H2,(H,20,22,23). The highest BCUT2D eigenvalue weighted by molar-refractivity contribution is 5.82. The number of H-pyrrole nitrogens is 1. The number of nitrogens with one attached hydrogen (secondary N) is 1. The molecule has 0 atom stereocenters. The molecule has 8 nitrogen and oxygen atoms in total. The molecule has 2 heterocycles. The van der Waals surface area contributed by atoms with Crippen LogP contribution in [-0.2, 0) is 6.54 Å². The summed E-state index contributed by atoms with van der Waals surface area (Å²) in [6.45, 7) is 3.89. The smallest absolute Gasteiger partial charge is 0.318 e. The molecule has 23 heavy (non-hydrogen) atoms. The summed E-state index contributed by atoms with van der Waals surface area (Å²) in [6.07, 6.45) is 1.57. The predicted molar refractivity (Wildman–Crippen MR) is 80.7 cm³/mol. The third kappa shape index (κ3) is 2.15. The van der Waals surface area contributed by atoms with Crippen LogP contribution in [0.3, 0.4) is 0 Å². The quantitative estimate of drug-likeness (QED) is 0.542. The van der Waals surface area contributed by atoms with Crippen molar-refractivity contribution >= 4 is 11.0 Å². The fourth-order valence-electron chi connectivity index (χ4n) is 2.34. The van der Waals surface area contributed by atoms with Gasteiger partial charge in [-0.3, -0.25) is 9.78 Å². The van der Waals surface area contributed by atoms with E-state index in [0.29, 0.717) is 11.0 Å². The monoisotopic (exact) mass is 304 g/mol. The van der Waals surface area contributed by atoms with Crippen molar-refractivity contribution in [3.63, 3.8) is 0 Å². The summed E-state index contributed by atoms with van der Waals surface area (Å²) in [4.78, 5) is 33.5. The lowest BCUT2D eigenvalue weighted by Gasteiger charge is -2.15. The molecule has 2 aliphatic rings. The van der Waals surface area contributed by atoms with Crippen molar-refractivity contribution in [2.45, 2.75) is 6.54 Å². The first-order chi connectivity index (χ1) is 11.1. The molecule has 2 aliphatic heterocycles. The Balaban J connectivity index is 2.60. The van der Waals surface area contributed by atoms with Crippen LogP contribution in [0.15, 0.2) is 34.4 Å². The minimum atomic E-state index is -0.782. The summed E-state index contributed by atoms with van der Waals surface area (Å²) in [5, 5.41) is 18.3. The Hall–Kier alpha value is -3.78. The fourth-order valence-corrected chi connectivity index (χ4v) is 2.34. The number of hydrogen-bond donors (Lipinski definition) is 1. The Morgan fingerprint density at radius 1 is 1.22 bits per heavy atom. The molecule has 0 fully saturated rings. The topological polar surface area (TPSA) is 128 Å². The van der Waals surface area contributed by atoms with Crippen LogP contribution in [0.1, 0.15) is 11.1 Å². The summed E-state index contributed by atoms with van der Waals surface area (Å²) in [5.74, 6) is 0.0970. The molecule has 0 unspecified atom stereocenters. The minimum Gasteiger partial charge on any atom is -0.318 e. The van der Waals surface area contributed by atoms with Crippen LogP contribution in [-0.4, -0.2) is 19.5 Å². The molecule has 1 aromatic carbocycles. The molecular formula is C15H8N6O2. The largest absolute Gasteiger partial charge is 0.349 e. The summed E-state index contributed by atoms with van der Waals surface area (Å²) < 4.78 is 1.56. The lowest BCUT2D eigenvalue weighted by atomic mass is 10.1. The van der Waals surface area contributed by atoms with Gasteiger partial charge in [-0.1, -0.05) is 6.08 Å². The maximum atomic E-state index is 12.0. The van der Waals surface area contributed by atoms with Gasteiger partial charge in [0.2, 0.25) is 0 Å². The first-order valence-corrected chi connectivity index (χ1v) is 6.48. The molecule has 0 aliphatic carbocycles. The lowest BCUT2D eigenvalue weighted by molar-refractivity contribution is 0.809. The molecule has 0 radical (unpaired) electrons. The van der Waals surface area contributed by atoms with Crippen LogP contribution in [0.4, 0.5) is 0 Å². The summed E-state index contributed by atoms with van der Waals surface area (Å²) in [7, 11) is 0. The Morgan fingerprint density at radius 3 is 2.57 bits per heavy atom. The third-order valence-electron chi connectivity index (χ3n) is 3.30. The first kappa shape index (κ1) is 14.2. The van der Waals surface area contributed by atoms with Crippen LogP contribution in [0.25, 0.3) is 22.6 Å². The van der Waals surface area contributed by atoms with Crippen molar-refractivity contribution in [1.29, 1.82) is 10.5 Å². The summed E-state index contributed by atoms with van der Waals surface area (Å²) >= 11 is 0. The Labute approximate surface area is 128 Å². The number of nitrogens with zero attached hydrogens (tertiary/aromatic N) is 5. The second-order valence-corrected chi connectivity index (χ2v) is 4.66. The highest BCUT2D eigenvalue weighted by atomic mass is 16.2. The van der Waals surface area contributed by atoms with E-state index in [0.717, 1.165) is 0 Å². The maximum Gasteiger partial charge on any atom is 0.349 e. The zero-order chi connectivity index (χ0) is 16.6. The van der Waals surface area contributed by atoms with Crippen LogP contribution >= 0.6 is 0 Å². The van der Waals surface area contributed by atoms with E-state index in [9.17, 15) is 9.59 Å². The van der Waals surface area contributed by atoms with E-state index in [2.05, 4.69) is 21.5 Å². The Bertz CT molecular complexity index is 1130. The van der Waals surface area contributed by atoms with Gasteiger partial charge in [-0.2, -0.15) is 15.5 Å². The van der Waals surface area contributed by atoms with Crippen LogP contribution in [0, 0.1) is 22.7 Å². The number of fused-ring (bicyclic) bond motifs is 2. The van der Waals surface area contributed by atoms with E-state index in [1.165, 1.54) is 12.1 Å². The Kier molecular flexibility index (Phi) is 3.21. The van der Waals surface area contributed by atoms with E-state index in [1.807, 2.05) is 12.1 Å². The molecule has 1 aromatic rings. The Morgan fingerprint density at radius 2 is 1.91 bits per heavy atom. The number of hydrogen-bond acceptors (Lipinski definition) is 6. The van der Waals surface area contributed by atoms with Crippen molar-refractivity contribution in [3.8, 4) is 23.7 Å². The van der Waals surface area contributed by atoms with Gasteiger partial charge in [-0.15, -0.1) is 6.58 Å². The van der Waals surface area contributed by atoms with Gasteiger partial charge >= 0.3 is 5.69 Å². The van der Waals surface area contributed by atoms with Crippen LogP contribution in [0.2, 0.25) is 0 Å². The molecule has 0 saturated heterocycles. The van der Waals surface area contributed by atoms with Crippen molar-refractivity contribution in [1.82, 2.24) is 19.5 Å². The molecule has 0 bridgehead atoms. The first-order valence-electron chi connectivity index (χ1n) is 6.48. The highest BCUT2D eigenvalue weighted by Crippen LogP contribution is 2.23. The second kappa shape index (κ2) is 5.20. The number of aromatic nitrogens is 4. The van der Waals surface area contributed by atoms with Gasteiger partial charge in [0, 0.05) is 6.54 Å². The SMILES string of the molecule is C=CCn1c2nc(=O)[nH]c(=O)c-2nc2cc(C#N)c(C#N)cc21. The molecule has 0 amide bonds. The zero-order valence-corrected chi connectivity index (χ0v) is 11.7. The number of benzene rings is 1. The molecule has 8 heteroatoms. The second-order valence-electron chi connectivity index (χ2n) is 4.66. The van der Waals surface area contributed by atoms with Gasteiger partial charge in [-0.05, 0) is 12.1 Å². The number of aromatic amines is 1. The number of allylic oxidation sites excluding steroid dienone is 1. The van der Waals surface area contributed by atoms with Crippen LogP contribution in [0.5, 0.6) is 0 Å². The highest BCUT2D eigenvalue weighted by Gasteiger charge is 2.19. The van der Waals surface area contributed by atoms with Gasteiger partial charge in [-0.25, -0.2) is 9.78 Å². The van der Waals surface area contributed by atoms with E-state index < -0.39 is 11.2 Å². The minimum absolute atomic E-state index is 0.0208. The van der Waals surface area contributed by atoms with E-state index >= 15 is 0 Å². The normalized spacial score (nSPS) is 10.3. The van der Waals surface area contributed by atoms with Crippen molar-refractivity contribution in [2.75, 3.05) is 0 Å². The van der Waals surface area contributed by atoms with Crippen molar-refractivity contribution < 1.29 is 0 Å². The fraction of sp³-hybridized carbons (Fsp3) is 0.0667. The molecule has 0 spiro atoms. The van der Waals surface area contributed by atoms with E-state index in [1.54, 1.807) is 10.6 Å². The lowest BCUT2D eigenvalue weighted by Crippen LogP contribution is -2.28. The molecule has 110 valence electrons. The molecule has 0 aromatic heterocycles. The molecule has 1 N–H and O–H groups in total. The third-order valence-corrected chi connectivity index (χ3v) is 3.30. The predicted octanol–water partition coefficient (Wildman–Crippen LogP) is 0.514. The summed E-state index contributed by atoms with van der Waals surface area (Å²) in [6, 6.07) is 6.77. The van der Waals surface area contributed by atoms with Gasteiger partial charge in [0.15, 0.2) is 11.5 Å². The maximum absolute atomic E-state index is 12.0. The van der Waals surface area contributed by atoms with Gasteiger partial charge in [0.25, 0.3) is 5.56 Å². The van der Waals surface area contributed by atoms with E-state index in [4.69, 9.17) is 10.5 Å². The van der Waals surface area contributed by atoms with Crippen molar-refractivity contribution in [2.24, 2.45) is 0 Å². The van der Waals surface area contributed by atoms with Gasteiger partial charge in [0.1, 0.15) is 12.1 Å². The zero-order valence-electron chi connectivity index (χ0n) is 11.7. The van der Waals surface area contributed by atoms with Crippen LogP contribution < -0.4 is 11.2 Å². The van der Waals surface area contributed by atoms with Gasteiger partial charge in [0.05, 0.1) is 22.2 Å². The van der Waals surface area contributed by atoms with E-state index in [-0.39, 0.29) is 29.2 Å². The molecule has 3 rings (SSSR count). The average Bonchev–Trinajstić information content (AvgIpc) is 2.54. The van der Waals surface area contributed by atoms with Gasteiger partial charge < -0.3 is 4.57 Å². The molecule has 0 saturated carbocycles. The average molecular weight is 304 g/mol. The number of rotatable bonds is 2. The van der Waals surface area contributed by atoms with Crippen molar-refractivity contribution in [3.05, 3.63) is 56.8 Å². The molecular weight excluding hydrogens is 296 g/mol. The number of nitriles is 2.